The Balaban J connectivity index is 1.23. The van der Waals surface area contributed by atoms with Gasteiger partial charge < -0.3 is 20.1 Å². The van der Waals surface area contributed by atoms with Crippen molar-refractivity contribution in [2.24, 2.45) is 0 Å². The van der Waals surface area contributed by atoms with Crippen LogP contribution in [-0.4, -0.2) is 52.7 Å². The van der Waals surface area contributed by atoms with Crippen LogP contribution in [-0.2, 0) is 14.3 Å². The molecule has 0 radical (unpaired) electrons. The van der Waals surface area contributed by atoms with Crippen LogP contribution in [0.3, 0.4) is 0 Å². The summed E-state index contributed by atoms with van der Waals surface area (Å²) in [6, 6.07) is 16.3. The number of carbonyl (C=O) groups is 3. The molecule has 0 heterocycles. The highest BCUT2D eigenvalue weighted by atomic mass is 16.5. The van der Waals surface area contributed by atoms with Gasteiger partial charge in [0.1, 0.15) is 13.2 Å². The highest BCUT2D eigenvalue weighted by Crippen LogP contribution is 2.44. The van der Waals surface area contributed by atoms with Gasteiger partial charge in [-0.25, -0.2) is 4.79 Å². The molecule has 0 atom stereocenters. The van der Waals surface area contributed by atoms with E-state index < -0.39 is 17.6 Å². The summed E-state index contributed by atoms with van der Waals surface area (Å²) in [4.78, 5) is 38.9. The lowest BCUT2D eigenvalue weighted by Crippen LogP contribution is -2.57. The van der Waals surface area contributed by atoms with E-state index in [0.29, 0.717) is 12.8 Å². The molecule has 2 N–H and O–H groups in total. The molecule has 0 aromatic heterocycles. The number of carbonyl (C=O) groups excluding carboxylic acids is 2. The van der Waals surface area contributed by atoms with E-state index in [1.54, 1.807) is 0 Å². The first-order valence-electron chi connectivity index (χ1n) is 12.6. The number of carboxylic acid groups (broad SMARTS) is 1. The topological polar surface area (TPSA) is 95.9 Å². The van der Waals surface area contributed by atoms with Gasteiger partial charge in [-0.3, -0.25) is 9.59 Å². The van der Waals surface area contributed by atoms with E-state index in [0.717, 1.165) is 43.2 Å². The molecule has 2 aromatic rings. The second kappa shape index (κ2) is 9.72. The smallest absolute Gasteiger partial charge is 0.407 e. The van der Waals surface area contributed by atoms with E-state index in [1.807, 2.05) is 24.3 Å². The van der Waals surface area contributed by atoms with Gasteiger partial charge in [-0.15, -0.1) is 0 Å². The normalized spacial score (nSPS) is 18.3. The minimum absolute atomic E-state index is 0.0230. The number of hydrogen-bond acceptors (Lipinski definition) is 4. The molecule has 184 valence electrons. The summed E-state index contributed by atoms with van der Waals surface area (Å²) >= 11 is 0. The SMILES string of the molecule is O=C(O)CN(C(=O)CC1(NC(=O)OCC2c3ccccc3-c3ccccc32)CCC1)C1CCCC1. The molecule has 2 aromatic carbocycles. The van der Waals surface area contributed by atoms with Gasteiger partial charge in [0.25, 0.3) is 0 Å². The van der Waals surface area contributed by atoms with Crippen molar-refractivity contribution < 1.29 is 24.2 Å². The molecule has 0 spiro atoms. The molecule has 2 saturated carbocycles. The van der Waals surface area contributed by atoms with E-state index in [9.17, 15) is 19.5 Å². The van der Waals surface area contributed by atoms with Gasteiger partial charge in [-0.05, 0) is 54.4 Å². The number of aliphatic carboxylic acids is 1. The summed E-state index contributed by atoms with van der Waals surface area (Å²) < 4.78 is 5.71. The molecule has 0 saturated heterocycles. The third-order valence-electron chi connectivity index (χ3n) is 7.90. The van der Waals surface area contributed by atoms with Gasteiger partial charge in [0, 0.05) is 12.0 Å². The zero-order valence-electron chi connectivity index (χ0n) is 19.9. The van der Waals surface area contributed by atoms with Crippen LogP contribution in [0.1, 0.15) is 68.4 Å². The molecule has 2 amide bonds. The summed E-state index contributed by atoms with van der Waals surface area (Å²) in [5.41, 5.74) is 3.98. The minimum atomic E-state index is -1.00. The third kappa shape index (κ3) is 4.77. The first kappa shape index (κ1) is 23.4. The summed E-state index contributed by atoms with van der Waals surface area (Å²) in [5.74, 6) is -1.23. The maximum atomic E-state index is 13.2. The monoisotopic (exact) mass is 476 g/mol. The van der Waals surface area contributed by atoms with Crippen molar-refractivity contribution >= 4 is 18.0 Å². The summed E-state index contributed by atoms with van der Waals surface area (Å²) in [7, 11) is 0. The maximum absolute atomic E-state index is 13.2. The van der Waals surface area contributed by atoms with E-state index >= 15 is 0 Å². The molecule has 0 bridgehead atoms. The Morgan fingerprint density at radius 2 is 1.54 bits per heavy atom. The summed E-state index contributed by atoms with van der Waals surface area (Å²) in [5, 5.41) is 12.3. The van der Waals surface area contributed by atoms with Crippen LogP contribution in [0.2, 0.25) is 0 Å². The molecular weight excluding hydrogens is 444 g/mol. The quantitative estimate of drug-likeness (QED) is 0.576. The van der Waals surface area contributed by atoms with Crippen LogP contribution in [0, 0.1) is 0 Å². The second-order valence-corrected chi connectivity index (χ2v) is 10.1. The van der Waals surface area contributed by atoms with E-state index in [1.165, 1.54) is 16.0 Å². The van der Waals surface area contributed by atoms with Gasteiger partial charge in [0.05, 0.1) is 12.0 Å². The fourth-order valence-electron chi connectivity index (χ4n) is 5.97. The lowest BCUT2D eigenvalue weighted by molar-refractivity contribution is -0.147. The van der Waals surface area contributed by atoms with Crippen molar-refractivity contribution in [3.8, 4) is 11.1 Å². The zero-order valence-corrected chi connectivity index (χ0v) is 19.9. The van der Waals surface area contributed by atoms with Crippen molar-refractivity contribution in [3.05, 3.63) is 59.7 Å². The first-order chi connectivity index (χ1) is 17.0. The predicted molar refractivity (Wildman–Crippen MR) is 131 cm³/mol. The first-order valence-corrected chi connectivity index (χ1v) is 12.6. The van der Waals surface area contributed by atoms with Crippen LogP contribution in [0.4, 0.5) is 4.79 Å². The van der Waals surface area contributed by atoms with Gasteiger partial charge in [0.15, 0.2) is 0 Å². The molecule has 2 fully saturated rings. The third-order valence-corrected chi connectivity index (χ3v) is 7.90. The Hall–Kier alpha value is -3.35. The number of ether oxygens (including phenoxy) is 1. The van der Waals surface area contributed by atoms with Crippen molar-refractivity contribution in [3.63, 3.8) is 0 Å². The molecule has 7 nitrogen and oxygen atoms in total. The van der Waals surface area contributed by atoms with Crippen LogP contribution in [0.25, 0.3) is 11.1 Å². The summed E-state index contributed by atoms with van der Waals surface area (Å²) in [6.45, 7) is -0.0678. The average Bonchev–Trinajstić information content (AvgIpc) is 3.46. The Bertz CT molecular complexity index is 1070. The number of nitrogens with one attached hydrogen (secondary N) is 1. The minimum Gasteiger partial charge on any atom is -0.480 e. The Morgan fingerprint density at radius 1 is 0.943 bits per heavy atom. The lowest BCUT2D eigenvalue weighted by Gasteiger charge is -2.43. The Labute approximate surface area is 205 Å². The van der Waals surface area contributed by atoms with E-state index in [4.69, 9.17) is 4.74 Å². The zero-order chi connectivity index (χ0) is 24.4. The predicted octanol–water partition coefficient (Wildman–Crippen LogP) is 4.69. The van der Waals surface area contributed by atoms with Crippen LogP contribution < -0.4 is 5.32 Å². The second-order valence-electron chi connectivity index (χ2n) is 10.1. The standard InChI is InChI=1S/C28H32N2O5/c31-25(30(17-26(32)33)19-8-1-2-9-19)16-28(14-7-15-28)29-27(34)35-18-24-22-12-5-3-10-20(22)21-11-4-6-13-23(21)24/h3-6,10-13,19,24H,1-2,7-9,14-18H2,(H,29,34)(H,32,33). The van der Waals surface area contributed by atoms with Gasteiger partial charge >= 0.3 is 12.1 Å². The largest absolute Gasteiger partial charge is 0.480 e. The Kier molecular flexibility index (Phi) is 6.50. The molecule has 0 unspecified atom stereocenters. The van der Waals surface area contributed by atoms with Crippen molar-refractivity contribution in [1.29, 1.82) is 0 Å². The van der Waals surface area contributed by atoms with E-state index in [2.05, 4.69) is 29.6 Å². The fourth-order valence-corrected chi connectivity index (χ4v) is 5.97. The highest BCUT2D eigenvalue weighted by Gasteiger charge is 2.43. The number of benzene rings is 2. The molecule has 3 aliphatic rings. The molecule has 3 aliphatic carbocycles. The van der Waals surface area contributed by atoms with Gasteiger partial charge in [-0.2, -0.15) is 0 Å². The molecule has 35 heavy (non-hydrogen) atoms. The number of carboxylic acids is 1. The molecule has 0 aliphatic heterocycles. The molecule has 5 rings (SSSR count). The lowest BCUT2D eigenvalue weighted by atomic mass is 9.74. The van der Waals surface area contributed by atoms with Crippen LogP contribution in [0.5, 0.6) is 0 Å². The molecule has 7 heteroatoms. The number of alkyl carbamates (subject to hydrolysis) is 1. The van der Waals surface area contributed by atoms with Gasteiger partial charge in [0.2, 0.25) is 5.91 Å². The van der Waals surface area contributed by atoms with Crippen molar-refractivity contribution in [2.75, 3.05) is 13.2 Å². The number of amides is 2. The highest BCUT2D eigenvalue weighted by molar-refractivity contribution is 5.83. The maximum Gasteiger partial charge on any atom is 0.407 e. The average molecular weight is 477 g/mol. The summed E-state index contributed by atoms with van der Waals surface area (Å²) in [6.07, 6.45) is 5.58. The number of hydrogen-bond donors (Lipinski definition) is 2. The van der Waals surface area contributed by atoms with Crippen molar-refractivity contribution in [1.82, 2.24) is 10.2 Å². The van der Waals surface area contributed by atoms with Crippen molar-refractivity contribution in [2.45, 2.75) is 68.9 Å². The Morgan fingerprint density at radius 3 is 2.09 bits per heavy atom. The molecular formula is C28H32N2O5. The van der Waals surface area contributed by atoms with Crippen LogP contribution >= 0.6 is 0 Å². The number of nitrogens with zero attached hydrogens (tertiary/aromatic N) is 1. The fraction of sp³-hybridized carbons (Fsp3) is 0.464. The van der Waals surface area contributed by atoms with Crippen LogP contribution in [0.15, 0.2) is 48.5 Å². The number of rotatable bonds is 8. The van der Waals surface area contributed by atoms with E-state index in [-0.39, 0.29) is 37.4 Å². The number of fused-ring (bicyclic) bond motifs is 3. The van der Waals surface area contributed by atoms with Gasteiger partial charge in [-0.1, -0.05) is 61.4 Å².